The number of carboxylic acids is 1. The number of hydrogen-bond acceptors (Lipinski definition) is 5. The molecule has 0 aliphatic rings. The molecule has 2 aromatic heterocycles. The molecule has 0 bridgehead atoms. The molecule has 0 aliphatic carbocycles. The van der Waals surface area contributed by atoms with Gasteiger partial charge in [0.25, 0.3) is 0 Å². The van der Waals surface area contributed by atoms with E-state index in [9.17, 15) is 4.79 Å². The minimum atomic E-state index is -0.881. The van der Waals surface area contributed by atoms with Crippen LogP contribution < -0.4 is 0 Å². The number of carbonyl (C=O) groups is 1. The standard InChI is InChI=1S/C8H6BrN3O2S2/c9-4-1-2-15-6(4)7-10-8(12-11-7)16-3-5(13)14/h1-2H,3H2,(H,13,14)(H,10,11,12). The van der Waals surface area contributed by atoms with Crippen molar-refractivity contribution in [3.63, 3.8) is 0 Å². The van der Waals surface area contributed by atoms with E-state index in [-0.39, 0.29) is 5.75 Å². The Balaban J connectivity index is 2.14. The normalized spacial score (nSPS) is 10.6. The smallest absolute Gasteiger partial charge is 0.313 e. The van der Waals surface area contributed by atoms with Gasteiger partial charge in [0, 0.05) is 4.47 Å². The fraction of sp³-hybridized carbons (Fsp3) is 0.125. The van der Waals surface area contributed by atoms with Crippen molar-refractivity contribution < 1.29 is 9.90 Å². The summed E-state index contributed by atoms with van der Waals surface area (Å²) in [6.07, 6.45) is 0. The molecule has 2 heterocycles. The van der Waals surface area contributed by atoms with Gasteiger partial charge in [-0.2, -0.15) is 0 Å². The van der Waals surface area contributed by atoms with Gasteiger partial charge in [-0.3, -0.25) is 9.89 Å². The summed E-state index contributed by atoms with van der Waals surface area (Å²) in [6.45, 7) is 0. The molecule has 0 amide bonds. The Bertz CT molecular complexity index is 511. The lowest BCUT2D eigenvalue weighted by molar-refractivity contribution is -0.133. The highest BCUT2D eigenvalue weighted by Gasteiger charge is 2.11. The van der Waals surface area contributed by atoms with Crippen LogP contribution in [0.1, 0.15) is 0 Å². The zero-order valence-electron chi connectivity index (χ0n) is 7.81. The van der Waals surface area contributed by atoms with Crippen molar-refractivity contribution in [1.29, 1.82) is 0 Å². The van der Waals surface area contributed by atoms with Crippen LogP contribution in [0.2, 0.25) is 0 Å². The highest BCUT2D eigenvalue weighted by atomic mass is 79.9. The van der Waals surface area contributed by atoms with Crippen molar-refractivity contribution in [2.45, 2.75) is 5.16 Å². The Labute approximate surface area is 107 Å². The molecule has 84 valence electrons. The van der Waals surface area contributed by atoms with E-state index >= 15 is 0 Å². The van der Waals surface area contributed by atoms with Gasteiger partial charge in [-0.1, -0.05) is 11.8 Å². The molecule has 0 aliphatic heterocycles. The van der Waals surface area contributed by atoms with Crippen molar-refractivity contribution in [2.75, 3.05) is 5.75 Å². The van der Waals surface area contributed by atoms with Crippen LogP contribution >= 0.6 is 39.0 Å². The molecule has 0 fully saturated rings. The van der Waals surface area contributed by atoms with E-state index in [0.717, 1.165) is 21.1 Å². The van der Waals surface area contributed by atoms with Gasteiger partial charge in [0.2, 0.25) is 5.16 Å². The first-order valence-electron chi connectivity index (χ1n) is 4.17. The van der Waals surface area contributed by atoms with E-state index in [1.807, 2.05) is 11.4 Å². The molecule has 2 aromatic rings. The van der Waals surface area contributed by atoms with Gasteiger partial charge in [0.1, 0.15) is 0 Å². The molecule has 2 N–H and O–H groups in total. The van der Waals surface area contributed by atoms with Gasteiger partial charge >= 0.3 is 5.97 Å². The zero-order valence-corrected chi connectivity index (χ0v) is 11.0. The fourth-order valence-electron chi connectivity index (χ4n) is 1.00. The van der Waals surface area contributed by atoms with Crippen LogP contribution in [0.5, 0.6) is 0 Å². The van der Waals surface area contributed by atoms with E-state index in [1.165, 1.54) is 11.3 Å². The maximum absolute atomic E-state index is 10.4. The number of H-pyrrole nitrogens is 1. The average molecular weight is 320 g/mol. The summed E-state index contributed by atoms with van der Waals surface area (Å²) >= 11 is 6.02. The highest BCUT2D eigenvalue weighted by Crippen LogP contribution is 2.31. The lowest BCUT2D eigenvalue weighted by Gasteiger charge is -1.90. The topological polar surface area (TPSA) is 78.9 Å². The predicted octanol–water partition coefficient (Wildman–Crippen LogP) is 2.47. The van der Waals surface area contributed by atoms with Crippen molar-refractivity contribution in [3.8, 4) is 10.7 Å². The monoisotopic (exact) mass is 319 g/mol. The number of aliphatic carboxylic acids is 1. The summed E-state index contributed by atoms with van der Waals surface area (Å²) in [5.41, 5.74) is 0. The largest absolute Gasteiger partial charge is 0.481 e. The number of aromatic nitrogens is 3. The maximum Gasteiger partial charge on any atom is 0.313 e. The van der Waals surface area contributed by atoms with Crippen LogP contribution in [-0.2, 0) is 4.79 Å². The Hall–Kier alpha value is -0.860. The van der Waals surface area contributed by atoms with E-state index in [1.54, 1.807) is 0 Å². The number of nitrogens with zero attached hydrogens (tertiary/aromatic N) is 2. The number of nitrogens with one attached hydrogen (secondary N) is 1. The van der Waals surface area contributed by atoms with Crippen LogP contribution in [-0.4, -0.2) is 32.0 Å². The van der Waals surface area contributed by atoms with Gasteiger partial charge in [0.15, 0.2) is 5.82 Å². The molecule has 0 saturated heterocycles. The molecule has 0 aromatic carbocycles. The van der Waals surface area contributed by atoms with Crippen LogP contribution in [0.4, 0.5) is 0 Å². The van der Waals surface area contributed by atoms with Gasteiger partial charge in [-0.25, -0.2) is 4.98 Å². The summed E-state index contributed by atoms with van der Waals surface area (Å²) < 4.78 is 0.948. The minimum Gasteiger partial charge on any atom is -0.481 e. The second-order valence-electron chi connectivity index (χ2n) is 2.75. The van der Waals surface area contributed by atoms with Crippen molar-refractivity contribution in [3.05, 3.63) is 15.9 Å². The molecule has 0 saturated carbocycles. The van der Waals surface area contributed by atoms with Gasteiger partial charge in [-0.05, 0) is 27.4 Å². The van der Waals surface area contributed by atoms with Gasteiger partial charge in [0.05, 0.1) is 10.6 Å². The first-order chi connectivity index (χ1) is 7.66. The number of thiophene rings is 1. The third kappa shape index (κ3) is 2.63. The molecule has 0 unspecified atom stereocenters. The SMILES string of the molecule is O=C(O)CSc1n[nH]c(-c2sccc2Br)n1. The van der Waals surface area contributed by atoms with Gasteiger partial charge in [-0.15, -0.1) is 16.4 Å². The molecule has 2 rings (SSSR count). The van der Waals surface area contributed by atoms with Crippen molar-refractivity contribution in [2.24, 2.45) is 0 Å². The quantitative estimate of drug-likeness (QED) is 0.846. The predicted molar refractivity (Wildman–Crippen MR) is 65.8 cm³/mol. The van der Waals surface area contributed by atoms with E-state index in [2.05, 4.69) is 31.1 Å². The van der Waals surface area contributed by atoms with E-state index < -0.39 is 5.97 Å². The first kappa shape index (κ1) is 11.6. The van der Waals surface area contributed by atoms with Crippen LogP contribution in [0.25, 0.3) is 10.7 Å². The fourth-order valence-corrected chi connectivity index (χ4v) is 3.02. The summed E-state index contributed by atoms with van der Waals surface area (Å²) in [5, 5.41) is 17.6. The summed E-state index contributed by atoms with van der Waals surface area (Å²) in [4.78, 5) is 15.5. The zero-order chi connectivity index (χ0) is 11.5. The number of halogens is 1. The van der Waals surface area contributed by atoms with Crippen LogP contribution in [0, 0.1) is 0 Å². The Morgan fingerprint density at radius 1 is 1.69 bits per heavy atom. The minimum absolute atomic E-state index is 0.0388. The summed E-state index contributed by atoms with van der Waals surface area (Å²) in [6, 6.07) is 1.92. The number of hydrogen-bond donors (Lipinski definition) is 2. The Morgan fingerprint density at radius 2 is 2.50 bits per heavy atom. The third-order valence-electron chi connectivity index (χ3n) is 1.62. The molecule has 16 heavy (non-hydrogen) atoms. The molecule has 0 radical (unpaired) electrons. The molecule has 0 spiro atoms. The maximum atomic E-state index is 10.4. The van der Waals surface area contributed by atoms with E-state index in [0.29, 0.717) is 11.0 Å². The van der Waals surface area contributed by atoms with Crippen molar-refractivity contribution in [1.82, 2.24) is 15.2 Å². The lowest BCUT2D eigenvalue weighted by Crippen LogP contribution is -1.97. The Kier molecular flexibility index (Phi) is 3.62. The molecule has 0 atom stereocenters. The number of carboxylic acid groups (broad SMARTS) is 1. The summed E-state index contributed by atoms with van der Waals surface area (Å²) in [5.74, 6) is -0.272. The second kappa shape index (κ2) is 4.98. The van der Waals surface area contributed by atoms with Crippen LogP contribution in [0.3, 0.4) is 0 Å². The number of aromatic amines is 1. The Morgan fingerprint density at radius 3 is 3.12 bits per heavy atom. The average Bonchev–Trinajstić information content (AvgIpc) is 2.83. The number of rotatable bonds is 4. The highest BCUT2D eigenvalue weighted by molar-refractivity contribution is 9.10. The van der Waals surface area contributed by atoms with Crippen molar-refractivity contribution >= 4 is 45.0 Å². The third-order valence-corrected chi connectivity index (χ3v) is 4.30. The molecule has 5 nitrogen and oxygen atoms in total. The van der Waals surface area contributed by atoms with Crippen LogP contribution in [0.15, 0.2) is 21.1 Å². The second-order valence-corrected chi connectivity index (χ2v) is 5.46. The van der Waals surface area contributed by atoms with Gasteiger partial charge < -0.3 is 5.11 Å². The summed E-state index contributed by atoms with van der Waals surface area (Å²) in [7, 11) is 0. The molecular weight excluding hydrogens is 314 g/mol. The first-order valence-corrected chi connectivity index (χ1v) is 6.83. The molecular formula is C8H6BrN3O2S2. The van der Waals surface area contributed by atoms with E-state index in [4.69, 9.17) is 5.11 Å². The number of thioether (sulfide) groups is 1. The lowest BCUT2D eigenvalue weighted by atomic mass is 10.4. The molecule has 8 heteroatoms.